The number of thioether (sulfide) groups is 1. The maximum absolute atomic E-state index is 6.07. The molecule has 8 heteroatoms. The molecule has 0 saturated carbocycles. The van der Waals surface area contributed by atoms with Crippen molar-refractivity contribution in [3.63, 3.8) is 0 Å². The summed E-state index contributed by atoms with van der Waals surface area (Å²) in [5.74, 6) is 0. The van der Waals surface area contributed by atoms with E-state index < -0.39 is 0 Å². The van der Waals surface area contributed by atoms with Gasteiger partial charge in [-0.25, -0.2) is 0 Å². The number of hydrogen-bond donors (Lipinski definition) is 3. The number of halogens is 1. The minimum atomic E-state index is 0.490. The van der Waals surface area contributed by atoms with E-state index in [4.69, 9.17) is 17.3 Å². The molecule has 0 unspecified atom stereocenters. The fourth-order valence-corrected chi connectivity index (χ4v) is 2.78. The van der Waals surface area contributed by atoms with Gasteiger partial charge in [0.05, 0.1) is 11.2 Å². The number of aromatic nitrogens is 1. The first-order valence-corrected chi connectivity index (χ1v) is 8.15. The highest BCUT2D eigenvalue weighted by Crippen LogP contribution is 2.24. The Morgan fingerprint density at radius 3 is 2.95 bits per heavy atom. The standard InChI is InChI=1S/C14H15ClN6S/c1-8-5-11(16)10-6-9(3-4-12(10)17-8)18-21-19-13(15)7-14(20-21)22-2/h3-7,18-19H,1-2H3,(H2,16,17). The van der Waals surface area contributed by atoms with Crippen molar-refractivity contribution < 1.29 is 0 Å². The highest BCUT2D eigenvalue weighted by Gasteiger charge is 2.11. The van der Waals surface area contributed by atoms with Gasteiger partial charge in [0, 0.05) is 22.8 Å². The van der Waals surface area contributed by atoms with Gasteiger partial charge in [-0.2, -0.15) is 0 Å². The van der Waals surface area contributed by atoms with Gasteiger partial charge in [-0.1, -0.05) is 11.6 Å². The van der Waals surface area contributed by atoms with E-state index in [1.54, 1.807) is 6.08 Å². The van der Waals surface area contributed by atoms with Crippen LogP contribution in [0.1, 0.15) is 5.69 Å². The van der Waals surface area contributed by atoms with Crippen molar-refractivity contribution in [3.8, 4) is 0 Å². The van der Waals surface area contributed by atoms with Gasteiger partial charge in [0.15, 0.2) is 0 Å². The summed E-state index contributed by atoms with van der Waals surface area (Å²) in [6, 6.07) is 7.62. The Bertz CT molecular complexity index is 788. The number of rotatable bonds is 2. The summed E-state index contributed by atoms with van der Waals surface area (Å²) >= 11 is 7.54. The third-order valence-corrected chi connectivity index (χ3v) is 3.89. The van der Waals surface area contributed by atoms with Crippen molar-refractivity contribution in [1.82, 2.24) is 15.6 Å². The van der Waals surface area contributed by atoms with Crippen molar-refractivity contribution in [1.29, 1.82) is 0 Å². The van der Waals surface area contributed by atoms with Gasteiger partial charge >= 0.3 is 0 Å². The Balaban J connectivity index is 1.89. The molecule has 1 aliphatic rings. The normalized spacial score (nSPS) is 14.4. The van der Waals surface area contributed by atoms with Crippen LogP contribution in [0.4, 0.5) is 11.4 Å². The van der Waals surface area contributed by atoms with E-state index in [0.717, 1.165) is 27.3 Å². The van der Waals surface area contributed by atoms with Crippen LogP contribution in [0.15, 0.2) is 40.6 Å². The summed E-state index contributed by atoms with van der Waals surface area (Å²) in [6.45, 7) is 1.92. The molecule has 0 saturated heterocycles. The summed E-state index contributed by atoms with van der Waals surface area (Å²) in [7, 11) is 0. The molecule has 0 aliphatic carbocycles. The first kappa shape index (κ1) is 14.8. The van der Waals surface area contributed by atoms with E-state index in [9.17, 15) is 0 Å². The zero-order valence-corrected chi connectivity index (χ0v) is 13.7. The molecule has 1 aliphatic heterocycles. The second kappa shape index (κ2) is 5.94. The van der Waals surface area contributed by atoms with Crippen LogP contribution in [0.3, 0.4) is 0 Å². The number of pyridine rings is 1. The lowest BCUT2D eigenvalue weighted by Crippen LogP contribution is -2.39. The topological polar surface area (TPSA) is 78.6 Å². The average Bonchev–Trinajstić information content (AvgIpc) is 2.47. The Labute approximate surface area is 137 Å². The number of anilines is 2. The molecule has 0 radical (unpaired) electrons. The second-order valence-corrected chi connectivity index (χ2v) is 5.99. The molecule has 2 heterocycles. The molecule has 0 fully saturated rings. The van der Waals surface area contributed by atoms with Crippen LogP contribution < -0.4 is 16.6 Å². The lowest BCUT2D eigenvalue weighted by Gasteiger charge is -2.25. The number of aryl methyl sites for hydroxylation is 1. The van der Waals surface area contributed by atoms with E-state index in [2.05, 4.69) is 20.9 Å². The number of hydrazone groups is 1. The van der Waals surface area contributed by atoms with Gasteiger partial charge < -0.3 is 5.73 Å². The van der Waals surface area contributed by atoms with Crippen LogP contribution in [-0.4, -0.2) is 21.5 Å². The molecule has 4 N–H and O–H groups in total. The summed E-state index contributed by atoms with van der Waals surface area (Å²) in [6.07, 6.45) is 3.70. The molecule has 2 aromatic rings. The molecule has 0 amide bonds. The molecule has 22 heavy (non-hydrogen) atoms. The van der Waals surface area contributed by atoms with Crippen LogP contribution >= 0.6 is 23.4 Å². The van der Waals surface area contributed by atoms with Crippen LogP contribution in [0, 0.1) is 6.92 Å². The Hall–Kier alpha value is -2.12. The van der Waals surface area contributed by atoms with Gasteiger partial charge in [0.2, 0.25) is 0 Å². The van der Waals surface area contributed by atoms with E-state index in [1.165, 1.54) is 17.0 Å². The lowest BCUT2D eigenvalue weighted by molar-refractivity contribution is 0.280. The lowest BCUT2D eigenvalue weighted by atomic mass is 10.1. The average molecular weight is 335 g/mol. The third kappa shape index (κ3) is 3.05. The predicted molar refractivity (Wildman–Crippen MR) is 94.4 cm³/mol. The summed E-state index contributed by atoms with van der Waals surface area (Å²) < 4.78 is 0. The highest BCUT2D eigenvalue weighted by atomic mass is 35.5. The number of nitrogens with zero attached hydrogens (tertiary/aromatic N) is 3. The second-order valence-electron chi connectivity index (χ2n) is 4.75. The SMILES string of the molecule is CSC1=NN(Nc2ccc3nc(C)cc(N)c3c2)NC(Cl)=C1. The number of fused-ring (bicyclic) bond motifs is 1. The predicted octanol–water partition coefficient (Wildman–Crippen LogP) is 3.03. The molecule has 6 nitrogen and oxygen atoms in total. The Kier molecular flexibility index (Phi) is 4.00. The van der Waals surface area contributed by atoms with E-state index in [1.807, 2.05) is 37.4 Å². The van der Waals surface area contributed by atoms with Gasteiger partial charge in [0.25, 0.3) is 0 Å². The van der Waals surface area contributed by atoms with Crippen molar-refractivity contribution in [2.24, 2.45) is 5.10 Å². The molecular formula is C14H15ClN6S. The Morgan fingerprint density at radius 2 is 2.18 bits per heavy atom. The highest BCUT2D eigenvalue weighted by molar-refractivity contribution is 8.13. The number of benzene rings is 1. The first-order valence-electron chi connectivity index (χ1n) is 6.55. The number of hydrogen-bond acceptors (Lipinski definition) is 7. The number of hydrazine groups is 2. The van der Waals surface area contributed by atoms with Crippen LogP contribution in [0.25, 0.3) is 10.9 Å². The summed E-state index contributed by atoms with van der Waals surface area (Å²) in [5, 5.41) is 7.99. The molecule has 114 valence electrons. The monoisotopic (exact) mass is 334 g/mol. The minimum Gasteiger partial charge on any atom is -0.398 e. The molecule has 0 spiro atoms. The summed E-state index contributed by atoms with van der Waals surface area (Å²) in [4.78, 5) is 4.46. The van der Waals surface area contributed by atoms with E-state index in [-0.39, 0.29) is 0 Å². The summed E-state index contributed by atoms with van der Waals surface area (Å²) in [5.41, 5.74) is 15.4. The van der Waals surface area contributed by atoms with Crippen LogP contribution in [0.5, 0.6) is 0 Å². The van der Waals surface area contributed by atoms with Gasteiger partial charge in [-0.05, 0) is 37.4 Å². The van der Waals surface area contributed by atoms with Crippen LogP contribution in [0.2, 0.25) is 0 Å². The molecule has 0 atom stereocenters. The fraction of sp³-hybridized carbons (Fsp3) is 0.143. The zero-order chi connectivity index (χ0) is 15.7. The Morgan fingerprint density at radius 1 is 1.36 bits per heavy atom. The van der Waals surface area contributed by atoms with E-state index >= 15 is 0 Å². The first-order chi connectivity index (χ1) is 10.5. The molecule has 1 aromatic heterocycles. The largest absolute Gasteiger partial charge is 0.398 e. The van der Waals surface area contributed by atoms with Crippen molar-refractivity contribution >= 4 is 50.7 Å². The van der Waals surface area contributed by atoms with Crippen molar-refractivity contribution in [2.75, 3.05) is 17.4 Å². The zero-order valence-electron chi connectivity index (χ0n) is 12.1. The molecule has 3 rings (SSSR count). The smallest absolute Gasteiger partial charge is 0.126 e. The molecule has 1 aromatic carbocycles. The quantitative estimate of drug-likeness (QED) is 0.733. The molecule has 0 bridgehead atoms. The molecular weight excluding hydrogens is 320 g/mol. The third-order valence-electron chi connectivity index (χ3n) is 3.07. The fourth-order valence-electron chi connectivity index (χ4n) is 2.13. The van der Waals surface area contributed by atoms with Crippen molar-refractivity contribution in [2.45, 2.75) is 6.92 Å². The number of nitrogen functional groups attached to an aromatic ring is 1. The number of nitrogens with one attached hydrogen (secondary N) is 2. The minimum absolute atomic E-state index is 0.490. The van der Waals surface area contributed by atoms with Crippen molar-refractivity contribution in [3.05, 3.63) is 41.2 Å². The van der Waals surface area contributed by atoms with E-state index in [0.29, 0.717) is 10.8 Å². The maximum atomic E-state index is 6.07. The van der Waals surface area contributed by atoms with Gasteiger partial charge in [-0.3, -0.25) is 15.8 Å². The number of nitrogens with two attached hydrogens (primary N) is 1. The van der Waals surface area contributed by atoms with Crippen LogP contribution in [-0.2, 0) is 0 Å². The van der Waals surface area contributed by atoms with Gasteiger partial charge in [0.1, 0.15) is 10.2 Å². The van der Waals surface area contributed by atoms with Gasteiger partial charge in [-0.15, -0.1) is 22.1 Å². The maximum Gasteiger partial charge on any atom is 0.126 e.